The average Bonchev–Trinajstić information content (AvgIpc) is 2.41. The monoisotopic (exact) mass is 244 g/mol. The third-order valence-electron chi connectivity index (χ3n) is 2.52. The van der Waals surface area contributed by atoms with Crippen LogP contribution in [0.3, 0.4) is 0 Å². The maximum Gasteiger partial charge on any atom is 0.347 e. The molecule has 18 heavy (non-hydrogen) atoms. The van der Waals surface area contributed by atoms with Gasteiger partial charge >= 0.3 is 5.69 Å². The van der Waals surface area contributed by atoms with E-state index in [0.29, 0.717) is 6.54 Å². The van der Waals surface area contributed by atoms with E-state index in [1.807, 2.05) is 12.1 Å². The molecule has 2 rings (SSSR count). The molecule has 0 aromatic carbocycles. The van der Waals surface area contributed by atoms with Crippen LogP contribution in [0.4, 0.5) is 5.82 Å². The quantitative estimate of drug-likeness (QED) is 0.866. The second-order valence-corrected chi connectivity index (χ2v) is 4.01. The summed E-state index contributed by atoms with van der Waals surface area (Å²) in [6.07, 6.45) is 6.05. The Balaban J connectivity index is 2.07. The minimum atomic E-state index is -0.245. The average molecular weight is 244 g/mol. The number of anilines is 1. The summed E-state index contributed by atoms with van der Waals surface area (Å²) in [7, 11) is 0. The number of aromatic nitrogens is 3. The van der Waals surface area contributed by atoms with Gasteiger partial charge in [-0.15, -0.1) is 0 Å². The van der Waals surface area contributed by atoms with Crippen molar-refractivity contribution in [3.05, 3.63) is 52.8 Å². The Hall–Kier alpha value is -2.17. The van der Waals surface area contributed by atoms with Gasteiger partial charge in [0.15, 0.2) is 0 Å². The van der Waals surface area contributed by atoms with E-state index in [2.05, 4.69) is 22.2 Å². The van der Waals surface area contributed by atoms with Gasteiger partial charge in [-0.25, -0.2) is 14.8 Å². The van der Waals surface area contributed by atoms with E-state index >= 15 is 0 Å². The van der Waals surface area contributed by atoms with Crippen LogP contribution < -0.4 is 11.0 Å². The van der Waals surface area contributed by atoms with Crippen LogP contribution in [0.1, 0.15) is 18.9 Å². The maximum atomic E-state index is 11.5. The summed E-state index contributed by atoms with van der Waals surface area (Å²) in [5.74, 6) is 0.860. The minimum absolute atomic E-state index is 0.245. The lowest BCUT2D eigenvalue weighted by Crippen LogP contribution is -2.21. The molecule has 5 heteroatoms. The Labute approximate surface area is 106 Å². The summed E-state index contributed by atoms with van der Waals surface area (Å²) in [6, 6.07) is 5.63. The molecule has 0 atom stereocenters. The molecule has 0 aliphatic rings. The van der Waals surface area contributed by atoms with E-state index in [1.54, 1.807) is 23.0 Å². The fourth-order valence-corrected chi connectivity index (χ4v) is 1.58. The minimum Gasteiger partial charge on any atom is -0.370 e. The zero-order valence-electron chi connectivity index (χ0n) is 10.3. The van der Waals surface area contributed by atoms with Crippen molar-refractivity contribution in [2.75, 3.05) is 11.9 Å². The van der Waals surface area contributed by atoms with Gasteiger partial charge in [0.2, 0.25) is 0 Å². The molecule has 2 aromatic heterocycles. The Bertz CT molecular complexity index is 547. The molecular formula is C13H16N4O. The molecule has 0 unspecified atom stereocenters. The Morgan fingerprint density at radius 2 is 2.22 bits per heavy atom. The topological polar surface area (TPSA) is 59.8 Å². The normalized spacial score (nSPS) is 10.3. The van der Waals surface area contributed by atoms with E-state index < -0.39 is 0 Å². The van der Waals surface area contributed by atoms with Crippen molar-refractivity contribution in [3.8, 4) is 0 Å². The first-order chi connectivity index (χ1) is 8.79. The molecule has 0 aliphatic heterocycles. The summed E-state index contributed by atoms with van der Waals surface area (Å²) >= 11 is 0. The Morgan fingerprint density at radius 1 is 1.33 bits per heavy atom. The molecule has 2 aromatic rings. The lowest BCUT2D eigenvalue weighted by molar-refractivity contribution is 0.724. The molecule has 0 fully saturated rings. The highest BCUT2D eigenvalue weighted by Crippen LogP contribution is 2.05. The van der Waals surface area contributed by atoms with Crippen LogP contribution in [0.25, 0.3) is 0 Å². The van der Waals surface area contributed by atoms with Gasteiger partial charge in [0.25, 0.3) is 0 Å². The van der Waals surface area contributed by atoms with Gasteiger partial charge in [0, 0.05) is 25.1 Å². The first kappa shape index (κ1) is 12.3. The van der Waals surface area contributed by atoms with Crippen LogP contribution in [0.5, 0.6) is 0 Å². The molecule has 0 amide bonds. The first-order valence-electron chi connectivity index (χ1n) is 6.00. The molecule has 0 radical (unpaired) electrons. The first-order valence-corrected chi connectivity index (χ1v) is 6.00. The third-order valence-corrected chi connectivity index (χ3v) is 2.52. The van der Waals surface area contributed by atoms with Gasteiger partial charge in [0.05, 0.1) is 6.54 Å². The van der Waals surface area contributed by atoms with E-state index in [1.165, 1.54) is 6.20 Å². The fourth-order valence-electron chi connectivity index (χ4n) is 1.58. The molecule has 1 N–H and O–H groups in total. The van der Waals surface area contributed by atoms with Gasteiger partial charge < -0.3 is 5.32 Å². The molecule has 0 saturated heterocycles. The summed E-state index contributed by atoms with van der Waals surface area (Å²) in [6.45, 7) is 3.51. The summed E-state index contributed by atoms with van der Waals surface area (Å²) in [5.41, 5.74) is 0.734. The number of rotatable bonds is 5. The number of pyridine rings is 1. The van der Waals surface area contributed by atoms with E-state index in [-0.39, 0.29) is 5.69 Å². The van der Waals surface area contributed by atoms with Crippen molar-refractivity contribution in [1.82, 2.24) is 14.5 Å². The van der Waals surface area contributed by atoms with Crippen LogP contribution in [0, 0.1) is 0 Å². The number of nitrogens with one attached hydrogen (secondary N) is 1. The predicted octanol–water partition coefficient (Wildman–Crippen LogP) is 1.51. The number of hydrogen-bond donors (Lipinski definition) is 1. The molecule has 0 aliphatic carbocycles. The third kappa shape index (κ3) is 3.16. The standard InChI is InChI=1S/C13H16N4O/c1-2-6-14-12-5-4-11(9-16-12)10-17-8-3-7-15-13(17)18/h3-5,7-9H,2,6,10H2,1H3,(H,14,16). The van der Waals surface area contributed by atoms with Crippen LogP contribution in [-0.4, -0.2) is 21.1 Å². The van der Waals surface area contributed by atoms with E-state index in [9.17, 15) is 4.79 Å². The second kappa shape index (κ2) is 5.95. The van der Waals surface area contributed by atoms with Crippen molar-refractivity contribution in [2.45, 2.75) is 19.9 Å². The highest BCUT2D eigenvalue weighted by molar-refractivity contribution is 5.35. The molecule has 5 nitrogen and oxygen atoms in total. The molecule has 0 saturated carbocycles. The zero-order chi connectivity index (χ0) is 12.8. The van der Waals surface area contributed by atoms with Gasteiger partial charge in [0.1, 0.15) is 5.82 Å². The van der Waals surface area contributed by atoms with Crippen molar-refractivity contribution in [1.29, 1.82) is 0 Å². The van der Waals surface area contributed by atoms with Crippen molar-refractivity contribution in [2.24, 2.45) is 0 Å². The van der Waals surface area contributed by atoms with Crippen LogP contribution in [0.15, 0.2) is 41.6 Å². The SMILES string of the molecule is CCCNc1ccc(Cn2cccnc2=O)cn1. The summed E-state index contributed by atoms with van der Waals surface area (Å²) in [4.78, 5) is 19.5. The van der Waals surface area contributed by atoms with Crippen molar-refractivity contribution >= 4 is 5.82 Å². The van der Waals surface area contributed by atoms with Crippen molar-refractivity contribution < 1.29 is 0 Å². The molecule has 94 valence electrons. The lowest BCUT2D eigenvalue weighted by Gasteiger charge is -2.06. The van der Waals surface area contributed by atoms with Crippen LogP contribution >= 0.6 is 0 Å². The largest absolute Gasteiger partial charge is 0.370 e. The highest BCUT2D eigenvalue weighted by Gasteiger charge is 1.99. The van der Waals surface area contributed by atoms with Crippen molar-refractivity contribution in [3.63, 3.8) is 0 Å². The smallest absolute Gasteiger partial charge is 0.347 e. The van der Waals surface area contributed by atoms with E-state index in [0.717, 1.165) is 24.3 Å². The Kier molecular flexibility index (Phi) is 4.06. The zero-order valence-corrected chi connectivity index (χ0v) is 10.3. The summed E-state index contributed by atoms with van der Waals surface area (Å²) in [5, 5.41) is 3.20. The van der Waals surface area contributed by atoms with Gasteiger partial charge in [-0.05, 0) is 24.1 Å². The van der Waals surface area contributed by atoms with Gasteiger partial charge in [-0.2, -0.15) is 0 Å². The number of hydrogen-bond acceptors (Lipinski definition) is 4. The fraction of sp³-hybridized carbons (Fsp3) is 0.308. The Morgan fingerprint density at radius 3 is 2.89 bits per heavy atom. The lowest BCUT2D eigenvalue weighted by atomic mass is 10.3. The van der Waals surface area contributed by atoms with E-state index in [4.69, 9.17) is 0 Å². The molecular weight excluding hydrogens is 228 g/mol. The van der Waals surface area contributed by atoms with Crippen LogP contribution in [0.2, 0.25) is 0 Å². The highest BCUT2D eigenvalue weighted by atomic mass is 16.1. The van der Waals surface area contributed by atoms with Gasteiger partial charge in [-0.3, -0.25) is 4.57 Å². The molecule has 0 bridgehead atoms. The summed E-state index contributed by atoms with van der Waals surface area (Å²) < 4.78 is 1.55. The predicted molar refractivity (Wildman–Crippen MR) is 70.6 cm³/mol. The second-order valence-electron chi connectivity index (χ2n) is 4.01. The maximum absolute atomic E-state index is 11.5. The number of nitrogens with zero attached hydrogens (tertiary/aromatic N) is 3. The van der Waals surface area contributed by atoms with Gasteiger partial charge in [-0.1, -0.05) is 13.0 Å². The molecule has 0 spiro atoms. The van der Waals surface area contributed by atoms with Crippen LogP contribution in [-0.2, 0) is 6.54 Å². The molecule has 2 heterocycles.